The molecule has 1 aromatic heterocycles. The average molecular weight is 352 g/mol. The van der Waals surface area contributed by atoms with Crippen molar-refractivity contribution in [1.29, 1.82) is 0 Å². The molecule has 5 nitrogen and oxygen atoms in total. The summed E-state index contributed by atoms with van der Waals surface area (Å²) in [7, 11) is 0. The van der Waals surface area contributed by atoms with Gasteiger partial charge in [-0.1, -0.05) is 12.1 Å². The second kappa shape index (κ2) is 8.21. The molecule has 3 rings (SSSR count). The highest BCUT2D eigenvalue weighted by Gasteiger charge is 2.24. The quantitative estimate of drug-likeness (QED) is 0.838. The number of hydrogen-bond donors (Lipinski definition) is 1. The molecule has 2 aromatic rings. The predicted molar refractivity (Wildman–Crippen MR) is 106 cm³/mol. The van der Waals surface area contributed by atoms with Crippen molar-refractivity contribution < 1.29 is 4.79 Å². The van der Waals surface area contributed by atoms with Crippen LogP contribution < -0.4 is 10.6 Å². The molecule has 2 N–H and O–H groups in total. The standard InChI is InChI=1S/C21H28N4O/c1-3-24(21(26)19-14-18(22)8-7-16(19)2)15-17-9-12-25(13-10-17)20-6-4-5-11-23-20/h4-8,11,14,17H,3,9-10,12-13,15,22H2,1-2H3. The lowest BCUT2D eigenvalue weighted by Crippen LogP contribution is -2.41. The first-order valence-corrected chi connectivity index (χ1v) is 9.40. The molecular formula is C21H28N4O. The fraction of sp³-hybridized carbons (Fsp3) is 0.429. The molecule has 0 atom stereocenters. The molecule has 0 bridgehead atoms. The summed E-state index contributed by atoms with van der Waals surface area (Å²) in [5, 5.41) is 0. The van der Waals surface area contributed by atoms with Gasteiger partial charge in [0.25, 0.3) is 5.91 Å². The van der Waals surface area contributed by atoms with E-state index in [1.165, 1.54) is 0 Å². The van der Waals surface area contributed by atoms with Gasteiger partial charge in [0.15, 0.2) is 0 Å². The van der Waals surface area contributed by atoms with Gasteiger partial charge in [-0.2, -0.15) is 0 Å². The molecular weight excluding hydrogens is 324 g/mol. The minimum absolute atomic E-state index is 0.0875. The maximum Gasteiger partial charge on any atom is 0.254 e. The SMILES string of the molecule is CCN(CC1CCN(c2ccccn2)CC1)C(=O)c1cc(N)ccc1C. The zero-order valence-corrected chi connectivity index (χ0v) is 15.7. The lowest BCUT2D eigenvalue weighted by atomic mass is 9.95. The largest absolute Gasteiger partial charge is 0.399 e. The van der Waals surface area contributed by atoms with Gasteiger partial charge >= 0.3 is 0 Å². The Labute approximate surface area is 155 Å². The topological polar surface area (TPSA) is 62.5 Å². The Bertz CT molecular complexity index is 739. The monoisotopic (exact) mass is 352 g/mol. The smallest absolute Gasteiger partial charge is 0.254 e. The van der Waals surface area contributed by atoms with Crippen LogP contribution in [-0.4, -0.2) is 42.0 Å². The number of nitrogens with two attached hydrogens (primary N) is 1. The van der Waals surface area contributed by atoms with E-state index >= 15 is 0 Å². The molecule has 1 aliphatic rings. The van der Waals surface area contributed by atoms with Gasteiger partial charge in [-0.15, -0.1) is 0 Å². The minimum atomic E-state index is 0.0875. The number of piperidine rings is 1. The first-order valence-electron chi connectivity index (χ1n) is 9.40. The molecule has 26 heavy (non-hydrogen) atoms. The number of carbonyl (C=O) groups excluding carboxylic acids is 1. The zero-order valence-electron chi connectivity index (χ0n) is 15.7. The van der Waals surface area contributed by atoms with E-state index in [-0.39, 0.29) is 5.91 Å². The van der Waals surface area contributed by atoms with Gasteiger partial charge in [0.1, 0.15) is 5.82 Å². The van der Waals surface area contributed by atoms with E-state index in [9.17, 15) is 4.79 Å². The number of nitrogens with zero attached hydrogens (tertiary/aromatic N) is 3. The van der Waals surface area contributed by atoms with Crippen LogP contribution in [0.4, 0.5) is 11.5 Å². The number of rotatable bonds is 5. The third-order valence-corrected chi connectivity index (χ3v) is 5.23. The highest BCUT2D eigenvalue weighted by atomic mass is 16.2. The van der Waals surface area contributed by atoms with Crippen LogP contribution in [0.25, 0.3) is 0 Å². The van der Waals surface area contributed by atoms with Crippen LogP contribution in [0.15, 0.2) is 42.6 Å². The Morgan fingerprint density at radius 2 is 2.04 bits per heavy atom. The van der Waals surface area contributed by atoms with Crippen molar-refractivity contribution in [2.24, 2.45) is 5.92 Å². The van der Waals surface area contributed by atoms with Crippen molar-refractivity contribution >= 4 is 17.4 Å². The number of nitrogen functional groups attached to an aromatic ring is 1. The molecule has 1 fully saturated rings. The molecule has 0 radical (unpaired) electrons. The number of anilines is 2. The summed E-state index contributed by atoms with van der Waals surface area (Å²) >= 11 is 0. The van der Waals surface area contributed by atoms with E-state index in [4.69, 9.17) is 5.73 Å². The second-order valence-corrected chi connectivity index (χ2v) is 7.04. The molecule has 1 aliphatic heterocycles. The maximum atomic E-state index is 13.0. The molecule has 138 valence electrons. The van der Waals surface area contributed by atoms with Crippen molar-refractivity contribution in [2.75, 3.05) is 36.8 Å². The normalized spacial score (nSPS) is 15.1. The first-order chi connectivity index (χ1) is 12.6. The third-order valence-electron chi connectivity index (χ3n) is 5.23. The van der Waals surface area contributed by atoms with Crippen LogP contribution in [0.5, 0.6) is 0 Å². The summed E-state index contributed by atoms with van der Waals surface area (Å²) in [5.74, 6) is 1.66. The Balaban J connectivity index is 1.61. The van der Waals surface area contributed by atoms with E-state index in [1.54, 1.807) is 6.07 Å². The number of aryl methyl sites for hydroxylation is 1. The predicted octanol–water partition coefficient (Wildman–Crippen LogP) is 3.35. The number of amides is 1. The molecule has 0 aliphatic carbocycles. The Morgan fingerprint density at radius 3 is 2.69 bits per heavy atom. The Kier molecular flexibility index (Phi) is 5.76. The molecule has 1 aromatic carbocycles. The number of benzene rings is 1. The number of aromatic nitrogens is 1. The van der Waals surface area contributed by atoms with Crippen molar-refractivity contribution in [1.82, 2.24) is 9.88 Å². The second-order valence-electron chi connectivity index (χ2n) is 7.04. The molecule has 2 heterocycles. The van der Waals surface area contributed by atoms with Gasteiger partial charge in [-0.05, 0) is 62.4 Å². The average Bonchev–Trinajstić information content (AvgIpc) is 2.68. The summed E-state index contributed by atoms with van der Waals surface area (Å²) in [5.41, 5.74) is 8.22. The van der Waals surface area contributed by atoms with Crippen LogP contribution in [0.1, 0.15) is 35.7 Å². The van der Waals surface area contributed by atoms with E-state index in [0.29, 0.717) is 18.2 Å². The highest BCUT2D eigenvalue weighted by Crippen LogP contribution is 2.23. The van der Waals surface area contributed by atoms with Crippen LogP contribution >= 0.6 is 0 Å². The molecule has 0 saturated carbocycles. The van der Waals surface area contributed by atoms with E-state index in [2.05, 4.69) is 16.0 Å². The van der Waals surface area contributed by atoms with Gasteiger partial charge in [-0.3, -0.25) is 4.79 Å². The first kappa shape index (κ1) is 18.2. The van der Waals surface area contributed by atoms with Crippen LogP contribution in [0.3, 0.4) is 0 Å². The molecule has 5 heteroatoms. The van der Waals surface area contributed by atoms with E-state index < -0.39 is 0 Å². The molecule has 1 amide bonds. The molecule has 1 saturated heterocycles. The number of carbonyl (C=O) groups is 1. The summed E-state index contributed by atoms with van der Waals surface area (Å²) in [6.45, 7) is 7.51. The lowest BCUT2D eigenvalue weighted by molar-refractivity contribution is 0.0728. The summed E-state index contributed by atoms with van der Waals surface area (Å²) in [6.07, 6.45) is 4.00. The summed E-state index contributed by atoms with van der Waals surface area (Å²) < 4.78 is 0. The number of pyridine rings is 1. The fourth-order valence-electron chi connectivity index (χ4n) is 3.59. The van der Waals surface area contributed by atoms with Crippen LogP contribution in [-0.2, 0) is 0 Å². The fourth-order valence-corrected chi connectivity index (χ4v) is 3.59. The maximum absolute atomic E-state index is 13.0. The van der Waals surface area contributed by atoms with Gasteiger partial charge in [0, 0.05) is 43.6 Å². The van der Waals surface area contributed by atoms with Gasteiger partial charge in [0.2, 0.25) is 0 Å². The van der Waals surface area contributed by atoms with Crippen molar-refractivity contribution in [2.45, 2.75) is 26.7 Å². The van der Waals surface area contributed by atoms with Crippen molar-refractivity contribution in [3.63, 3.8) is 0 Å². The van der Waals surface area contributed by atoms with Crippen molar-refractivity contribution in [3.8, 4) is 0 Å². The van der Waals surface area contributed by atoms with Crippen molar-refractivity contribution in [3.05, 3.63) is 53.7 Å². The lowest BCUT2D eigenvalue weighted by Gasteiger charge is -2.35. The third kappa shape index (κ3) is 4.15. The van der Waals surface area contributed by atoms with Crippen LogP contribution in [0, 0.1) is 12.8 Å². The summed E-state index contributed by atoms with van der Waals surface area (Å²) in [6, 6.07) is 11.6. The van der Waals surface area contributed by atoms with Gasteiger partial charge in [0.05, 0.1) is 0 Å². The van der Waals surface area contributed by atoms with E-state index in [1.807, 2.05) is 49.2 Å². The molecule has 0 unspecified atom stereocenters. The summed E-state index contributed by atoms with van der Waals surface area (Å²) in [4.78, 5) is 21.7. The van der Waals surface area contributed by atoms with E-state index in [0.717, 1.165) is 49.4 Å². The highest BCUT2D eigenvalue weighted by molar-refractivity contribution is 5.96. The molecule has 0 spiro atoms. The number of hydrogen-bond acceptors (Lipinski definition) is 4. The van der Waals surface area contributed by atoms with Crippen LogP contribution in [0.2, 0.25) is 0 Å². The minimum Gasteiger partial charge on any atom is -0.399 e. The van der Waals surface area contributed by atoms with Gasteiger partial charge < -0.3 is 15.5 Å². The zero-order chi connectivity index (χ0) is 18.5. The Hall–Kier alpha value is -2.56. The Morgan fingerprint density at radius 1 is 1.27 bits per heavy atom. The van der Waals surface area contributed by atoms with Gasteiger partial charge in [-0.25, -0.2) is 4.98 Å².